The van der Waals surface area contributed by atoms with Crippen molar-refractivity contribution in [3.05, 3.63) is 0 Å². The van der Waals surface area contributed by atoms with Crippen molar-refractivity contribution >= 4 is 11.8 Å². The van der Waals surface area contributed by atoms with E-state index in [1.54, 1.807) is 0 Å². The van der Waals surface area contributed by atoms with E-state index < -0.39 is 0 Å². The highest BCUT2D eigenvalue weighted by atomic mass is 16.2. The highest BCUT2D eigenvalue weighted by Gasteiger charge is 2.23. The lowest BCUT2D eigenvalue weighted by Gasteiger charge is -2.32. The van der Waals surface area contributed by atoms with Crippen molar-refractivity contribution in [2.45, 2.75) is 47.0 Å². The number of likely N-dealkylation sites (tertiary alicyclic amines) is 1. The third-order valence-corrected chi connectivity index (χ3v) is 3.78. The number of piperidine rings is 1. The minimum absolute atomic E-state index is 0.0409. The van der Waals surface area contributed by atoms with Crippen LogP contribution >= 0.6 is 0 Å². The lowest BCUT2D eigenvalue weighted by atomic mass is 9.92. The van der Waals surface area contributed by atoms with Crippen LogP contribution in [0.15, 0.2) is 0 Å². The first-order valence-electron chi connectivity index (χ1n) is 8.07. The zero-order valence-corrected chi connectivity index (χ0v) is 14.0. The molecule has 0 aromatic heterocycles. The second-order valence-corrected chi connectivity index (χ2v) is 7.15. The number of rotatable bonds is 6. The molecule has 2 N–H and O–H groups in total. The van der Waals surface area contributed by atoms with Gasteiger partial charge in [0.1, 0.15) is 0 Å². The normalized spacial score (nSPS) is 16.9. The number of hydrogen-bond donors (Lipinski definition) is 2. The average molecular weight is 297 g/mol. The summed E-state index contributed by atoms with van der Waals surface area (Å²) in [7, 11) is 0. The molecule has 1 heterocycles. The second-order valence-electron chi connectivity index (χ2n) is 7.15. The van der Waals surface area contributed by atoms with Crippen LogP contribution in [0.2, 0.25) is 0 Å². The highest BCUT2D eigenvalue weighted by molar-refractivity contribution is 5.85. The maximum absolute atomic E-state index is 12.1. The molecule has 1 fully saturated rings. The Hall–Kier alpha value is -1.10. The standard InChI is InChI=1S/C16H31N3O2/c1-5-17-11-13-6-8-19(9-7-13)15(21)12-18-14(20)10-16(2,3)4/h13,17H,5-12H2,1-4H3,(H,18,20). The maximum atomic E-state index is 12.1. The zero-order chi connectivity index (χ0) is 15.9. The molecule has 0 aromatic rings. The summed E-state index contributed by atoms with van der Waals surface area (Å²) in [6.07, 6.45) is 2.55. The predicted octanol–water partition coefficient (Wildman–Crippen LogP) is 1.39. The summed E-state index contributed by atoms with van der Waals surface area (Å²) in [6.45, 7) is 12.0. The summed E-state index contributed by atoms with van der Waals surface area (Å²) in [6, 6.07) is 0. The number of nitrogens with zero attached hydrogens (tertiary/aromatic N) is 1. The summed E-state index contributed by atoms with van der Waals surface area (Å²) in [5.41, 5.74) is -0.0439. The molecule has 1 rings (SSSR count). The molecule has 2 amide bonds. The van der Waals surface area contributed by atoms with Gasteiger partial charge in [0.25, 0.3) is 0 Å². The molecule has 1 aliphatic heterocycles. The van der Waals surface area contributed by atoms with E-state index in [0.29, 0.717) is 12.3 Å². The molecule has 0 aromatic carbocycles. The van der Waals surface area contributed by atoms with E-state index in [1.165, 1.54) is 0 Å². The van der Waals surface area contributed by atoms with Crippen molar-refractivity contribution in [2.24, 2.45) is 11.3 Å². The van der Waals surface area contributed by atoms with Crippen LogP contribution in [0.5, 0.6) is 0 Å². The number of carbonyl (C=O) groups excluding carboxylic acids is 2. The van der Waals surface area contributed by atoms with Gasteiger partial charge >= 0.3 is 0 Å². The Morgan fingerprint density at radius 2 is 1.81 bits per heavy atom. The molecule has 0 unspecified atom stereocenters. The van der Waals surface area contributed by atoms with Crippen molar-refractivity contribution in [1.29, 1.82) is 0 Å². The Morgan fingerprint density at radius 3 is 2.33 bits per heavy atom. The Morgan fingerprint density at radius 1 is 1.19 bits per heavy atom. The van der Waals surface area contributed by atoms with Crippen molar-refractivity contribution in [3.8, 4) is 0 Å². The molecule has 0 spiro atoms. The fourth-order valence-corrected chi connectivity index (χ4v) is 2.57. The molecule has 0 bridgehead atoms. The first kappa shape index (κ1) is 18.0. The van der Waals surface area contributed by atoms with Gasteiger partial charge in [-0.05, 0) is 37.3 Å². The van der Waals surface area contributed by atoms with Gasteiger partial charge in [-0.15, -0.1) is 0 Å². The third-order valence-electron chi connectivity index (χ3n) is 3.78. The Balaban J connectivity index is 2.23. The summed E-state index contributed by atoms with van der Waals surface area (Å²) in [4.78, 5) is 25.7. The van der Waals surface area contributed by atoms with Crippen LogP contribution < -0.4 is 10.6 Å². The minimum Gasteiger partial charge on any atom is -0.347 e. The van der Waals surface area contributed by atoms with Crippen molar-refractivity contribution in [2.75, 3.05) is 32.7 Å². The van der Waals surface area contributed by atoms with Crippen molar-refractivity contribution < 1.29 is 9.59 Å². The quantitative estimate of drug-likeness (QED) is 0.779. The molecule has 0 aliphatic carbocycles. The number of hydrogen-bond acceptors (Lipinski definition) is 3. The number of carbonyl (C=O) groups is 2. The smallest absolute Gasteiger partial charge is 0.241 e. The van der Waals surface area contributed by atoms with Gasteiger partial charge in [0.05, 0.1) is 6.54 Å². The average Bonchev–Trinajstić information content (AvgIpc) is 2.41. The van der Waals surface area contributed by atoms with Crippen LogP contribution in [0.25, 0.3) is 0 Å². The number of nitrogens with one attached hydrogen (secondary N) is 2. The van der Waals surface area contributed by atoms with E-state index in [2.05, 4.69) is 17.6 Å². The summed E-state index contributed by atoms with van der Waals surface area (Å²) in [5.74, 6) is 0.668. The van der Waals surface area contributed by atoms with Gasteiger partial charge in [-0.2, -0.15) is 0 Å². The van der Waals surface area contributed by atoms with Crippen LogP contribution in [0, 0.1) is 11.3 Å². The molecule has 1 aliphatic rings. The predicted molar refractivity (Wildman–Crippen MR) is 84.9 cm³/mol. The Bertz CT molecular complexity index is 342. The second kappa shape index (κ2) is 8.37. The molecule has 122 valence electrons. The molecule has 1 saturated heterocycles. The third kappa shape index (κ3) is 7.46. The van der Waals surface area contributed by atoms with Gasteiger partial charge in [0.2, 0.25) is 11.8 Å². The Labute approximate surface area is 128 Å². The molecule has 0 saturated carbocycles. The van der Waals surface area contributed by atoms with Crippen molar-refractivity contribution in [1.82, 2.24) is 15.5 Å². The molecule has 21 heavy (non-hydrogen) atoms. The summed E-state index contributed by atoms with van der Waals surface area (Å²) in [5, 5.41) is 6.10. The van der Waals surface area contributed by atoms with Gasteiger partial charge in [-0.3, -0.25) is 9.59 Å². The van der Waals surface area contributed by atoms with E-state index >= 15 is 0 Å². The van der Waals surface area contributed by atoms with Gasteiger partial charge in [-0.1, -0.05) is 27.7 Å². The SMILES string of the molecule is CCNCC1CCN(C(=O)CNC(=O)CC(C)(C)C)CC1. The van der Waals surface area contributed by atoms with E-state index in [1.807, 2.05) is 25.7 Å². The fourth-order valence-electron chi connectivity index (χ4n) is 2.57. The summed E-state index contributed by atoms with van der Waals surface area (Å²) < 4.78 is 0. The van der Waals surface area contributed by atoms with Crippen LogP contribution in [-0.4, -0.2) is 49.4 Å². The minimum atomic E-state index is -0.0439. The van der Waals surface area contributed by atoms with E-state index in [0.717, 1.165) is 39.0 Å². The van der Waals surface area contributed by atoms with E-state index in [-0.39, 0.29) is 23.8 Å². The topological polar surface area (TPSA) is 61.4 Å². The van der Waals surface area contributed by atoms with E-state index in [9.17, 15) is 9.59 Å². The maximum Gasteiger partial charge on any atom is 0.241 e. The van der Waals surface area contributed by atoms with Gasteiger partial charge in [-0.25, -0.2) is 0 Å². The van der Waals surface area contributed by atoms with Gasteiger partial charge in [0, 0.05) is 19.5 Å². The molecule has 0 radical (unpaired) electrons. The Kier molecular flexibility index (Phi) is 7.15. The largest absolute Gasteiger partial charge is 0.347 e. The summed E-state index contributed by atoms with van der Waals surface area (Å²) >= 11 is 0. The molecular formula is C16H31N3O2. The molecule has 5 heteroatoms. The lowest BCUT2D eigenvalue weighted by Crippen LogP contribution is -2.45. The van der Waals surface area contributed by atoms with Gasteiger partial charge in [0.15, 0.2) is 0 Å². The molecule has 0 atom stereocenters. The van der Waals surface area contributed by atoms with Crippen LogP contribution in [0.3, 0.4) is 0 Å². The lowest BCUT2D eigenvalue weighted by molar-refractivity contribution is -0.134. The van der Waals surface area contributed by atoms with Crippen LogP contribution in [0.4, 0.5) is 0 Å². The van der Waals surface area contributed by atoms with Crippen LogP contribution in [-0.2, 0) is 9.59 Å². The zero-order valence-electron chi connectivity index (χ0n) is 14.0. The highest BCUT2D eigenvalue weighted by Crippen LogP contribution is 2.18. The first-order valence-corrected chi connectivity index (χ1v) is 8.07. The fraction of sp³-hybridized carbons (Fsp3) is 0.875. The number of amides is 2. The van der Waals surface area contributed by atoms with Crippen LogP contribution in [0.1, 0.15) is 47.0 Å². The van der Waals surface area contributed by atoms with E-state index in [4.69, 9.17) is 0 Å². The van der Waals surface area contributed by atoms with Gasteiger partial charge < -0.3 is 15.5 Å². The molecule has 5 nitrogen and oxygen atoms in total. The first-order chi connectivity index (χ1) is 9.81. The molecular weight excluding hydrogens is 266 g/mol. The van der Waals surface area contributed by atoms with Crippen molar-refractivity contribution in [3.63, 3.8) is 0 Å². The monoisotopic (exact) mass is 297 g/mol.